The minimum Gasteiger partial charge on any atom is -0.398 e. The maximum absolute atomic E-state index is 12.3. The zero-order valence-electron chi connectivity index (χ0n) is 13.2. The zero-order valence-corrected chi connectivity index (χ0v) is 14.0. The van der Waals surface area contributed by atoms with Crippen molar-refractivity contribution in [2.45, 2.75) is 50.9 Å². The largest absolute Gasteiger partial charge is 0.398 e. The molecule has 21 heavy (non-hydrogen) atoms. The smallest absolute Gasteiger partial charge is 0.156 e. The van der Waals surface area contributed by atoms with Crippen molar-refractivity contribution in [3.8, 4) is 0 Å². The van der Waals surface area contributed by atoms with Gasteiger partial charge in [0.2, 0.25) is 0 Å². The summed E-state index contributed by atoms with van der Waals surface area (Å²) >= 11 is 0. The SMILES string of the molecule is CC(C)(C)S(=O)(=O)CCN(Cc1ccccc1N)C1CC1. The fraction of sp³-hybridized carbons (Fsp3) is 0.625. The van der Waals surface area contributed by atoms with Crippen molar-refractivity contribution in [3.63, 3.8) is 0 Å². The molecule has 5 heteroatoms. The summed E-state index contributed by atoms with van der Waals surface area (Å²) in [6, 6.07) is 8.32. The summed E-state index contributed by atoms with van der Waals surface area (Å²) in [6.07, 6.45) is 2.31. The van der Waals surface area contributed by atoms with Gasteiger partial charge in [-0.3, -0.25) is 4.90 Å². The van der Waals surface area contributed by atoms with Crippen molar-refractivity contribution in [2.24, 2.45) is 0 Å². The summed E-state index contributed by atoms with van der Waals surface area (Å²) in [5, 5.41) is 0. The molecule has 0 heterocycles. The number of sulfone groups is 1. The lowest BCUT2D eigenvalue weighted by Crippen LogP contribution is -2.37. The molecule has 1 aliphatic rings. The van der Waals surface area contributed by atoms with Gasteiger partial charge < -0.3 is 5.73 Å². The molecule has 1 aromatic carbocycles. The molecule has 2 rings (SSSR count). The quantitative estimate of drug-likeness (QED) is 0.820. The van der Waals surface area contributed by atoms with Crippen LogP contribution in [0, 0.1) is 0 Å². The molecule has 0 radical (unpaired) electrons. The zero-order chi connectivity index (χ0) is 15.7. The molecule has 0 amide bonds. The molecule has 1 fully saturated rings. The molecular weight excluding hydrogens is 284 g/mol. The molecule has 2 N–H and O–H groups in total. The number of rotatable bonds is 6. The summed E-state index contributed by atoms with van der Waals surface area (Å²) < 4.78 is 23.8. The molecule has 1 aliphatic carbocycles. The van der Waals surface area contributed by atoms with E-state index in [2.05, 4.69) is 4.90 Å². The Hall–Kier alpha value is -1.07. The van der Waals surface area contributed by atoms with Crippen molar-refractivity contribution in [1.29, 1.82) is 0 Å². The highest BCUT2D eigenvalue weighted by Crippen LogP contribution is 2.29. The van der Waals surface area contributed by atoms with Gasteiger partial charge in [0.15, 0.2) is 9.84 Å². The molecule has 0 atom stereocenters. The number of hydrogen-bond acceptors (Lipinski definition) is 4. The van der Waals surface area contributed by atoms with E-state index >= 15 is 0 Å². The average Bonchev–Trinajstić information content (AvgIpc) is 3.19. The Labute approximate surface area is 128 Å². The Morgan fingerprint density at radius 2 is 1.86 bits per heavy atom. The first-order valence-electron chi connectivity index (χ1n) is 7.50. The van der Waals surface area contributed by atoms with Crippen LogP contribution in [0.5, 0.6) is 0 Å². The Morgan fingerprint density at radius 1 is 1.24 bits per heavy atom. The number of hydrogen-bond donors (Lipinski definition) is 1. The van der Waals surface area contributed by atoms with Gasteiger partial charge in [-0.25, -0.2) is 8.42 Å². The van der Waals surface area contributed by atoms with Crippen molar-refractivity contribution < 1.29 is 8.42 Å². The van der Waals surface area contributed by atoms with E-state index in [0.717, 1.165) is 30.6 Å². The second-order valence-electron chi connectivity index (χ2n) is 6.83. The molecule has 1 aromatic rings. The van der Waals surface area contributed by atoms with Gasteiger partial charge in [-0.05, 0) is 45.2 Å². The van der Waals surface area contributed by atoms with E-state index in [1.807, 2.05) is 24.3 Å². The first-order valence-corrected chi connectivity index (χ1v) is 9.16. The molecule has 0 aliphatic heterocycles. The van der Waals surface area contributed by atoms with E-state index in [0.29, 0.717) is 12.6 Å². The lowest BCUT2D eigenvalue weighted by atomic mass is 10.1. The van der Waals surface area contributed by atoms with Crippen molar-refractivity contribution in [3.05, 3.63) is 29.8 Å². The maximum Gasteiger partial charge on any atom is 0.156 e. The first kappa shape index (κ1) is 16.3. The Morgan fingerprint density at radius 3 is 2.38 bits per heavy atom. The van der Waals surface area contributed by atoms with E-state index in [9.17, 15) is 8.42 Å². The van der Waals surface area contributed by atoms with Gasteiger partial charge >= 0.3 is 0 Å². The Balaban J connectivity index is 2.03. The summed E-state index contributed by atoms with van der Waals surface area (Å²) in [6.45, 7) is 6.60. The predicted molar refractivity (Wildman–Crippen MR) is 87.8 cm³/mol. The van der Waals surface area contributed by atoms with Crippen LogP contribution in [0.3, 0.4) is 0 Å². The van der Waals surface area contributed by atoms with E-state index in [4.69, 9.17) is 5.73 Å². The molecule has 0 aromatic heterocycles. The third-order valence-electron chi connectivity index (χ3n) is 4.07. The van der Waals surface area contributed by atoms with Gasteiger partial charge in [-0.15, -0.1) is 0 Å². The molecule has 0 bridgehead atoms. The van der Waals surface area contributed by atoms with Crippen LogP contribution in [0.15, 0.2) is 24.3 Å². The fourth-order valence-electron chi connectivity index (χ4n) is 2.27. The van der Waals surface area contributed by atoms with E-state index in [1.165, 1.54) is 0 Å². The summed E-state index contributed by atoms with van der Waals surface area (Å²) in [5.74, 6) is 0.208. The second-order valence-corrected chi connectivity index (χ2v) is 9.69. The van der Waals surface area contributed by atoms with Gasteiger partial charge in [0.25, 0.3) is 0 Å². The first-order chi connectivity index (χ1) is 9.71. The van der Waals surface area contributed by atoms with Crippen LogP contribution in [0.25, 0.3) is 0 Å². The van der Waals surface area contributed by atoms with Crippen LogP contribution in [0.4, 0.5) is 5.69 Å². The Bertz CT molecular complexity index is 587. The van der Waals surface area contributed by atoms with Crippen molar-refractivity contribution in [2.75, 3.05) is 18.0 Å². The highest BCUT2D eigenvalue weighted by molar-refractivity contribution is 7.92. The number of benzene rings is 1. The van der Waals surface area contributed by atoms with Crippen LogP contribution in [0.1, 0.15) is 39.2 Å². The summed E-state index contributed by atoms with van der Waals surface area (Å²) in [4.78, 5) is 2.26. The number of anilines is 1. The van der Waals surface area contributed by atoms with Gasteiger partial charge in [-0.1, -0.05) is 18.2 Å². The third kappa shape index (κ3) is 4.20. The third-order valence-corrected chi connectivity index (χ3v) is 6.66. The lowest BCUT2D eigenvalue weighted by Gasteiger charge is -2.25. The minimum absolute atomic E-state index is 0.208. The molecule has 0 unspecified atom stereocenters. The highest BCUT2D eigenvalue weighted by atomic mass is 32.2. The molecule has 118 valence electrons. The maximum atomic E-state index is 12.3. The van der Waals surface area contributed by atoms with E-state index in [-0.39, 0.29) is 5.75 Å². The summed E-state index contributed by atoms with van der Waals surface area (Å²) in [5.41, 5.74) is 7.86. The van der Waals surface area contributed by atoms with Crippen LogP contribution in [-0.2, 0) is 16.4 Å². The standard InChI is InChI=1S/C16H26N2O2S/c1-16(2,3)21(19,20)11-10-18(14-8-9-14)12-13-6-4-5-7-15(13)17/h4-7,14H,8-12,17H2,1-3H3. The predicted octanol–water partition coefficient (Wildman–Crippen LogP) is 2.45. The number of nitrogens with two attached hydrogens (primary N) is 1. The van der Waals surface area contributed by atoms with E-state index in [1.54, 1.807) is 20.8 Å². The number of para-hydroxylation sites is 1. The molecule has 0 saturated heterocycles. The van der Waals surface area contributed by atoms with Gasteiger partial charge in [0.05, 0.1) is 10.5 Å². The van der Waals surface area contributed by atoms with E-state index < -0.39 is 14.6 Å². The van der Waals surface area contributed by atoms with Gasteiger partial charge in [0.1, 0.15) is 0 Å². The average molecular weight is 310 g/mol. The highest BCUT2D eigenvalue weighted by Gasteiger charge is 2.33. The molecule has 0 spiro atoms. The van der Waals surface area contributed by atoms with Crippen molar-refractivity contribution in [1.82, 2.24) is 4.90 Å². The lowest BCUT2D eigenvalue weighted by molar-refractivity contribution is 0.270. The van der Waals surface area contributed by atoms with Gasteiger partial charge in [0, 0.05) is 24.8 Å². The van der Waals surface area contributed by atoms with Crippen molar-refractivity contribution >= 4 is 15.5 Å². The van der Waals surface area contributed by atoms with Crippen LogP contribution in [-0.4, -0.2) is 36.4 Å². The second kappa shape index (κ2) is 5.97. The monoisotopic (exact) mass is 310 g/mol. The number of nitrogen functional groups attached to an aromatic ring is 1. The molecule has 4 nitrogen and oxygen atoms in total. The fourth-order valence-corrected chi connectivity index (χ4v) is 3.36. The number of nitrogens with zero attached hydrogens (tertiary/aromatic N) is 1. The van der Waals surface area contributed by atoms with Crippen LogP contribution in [0.2, 0.25) is 0 Å². The molecule has 1 saturated carbocycles. The van der Waals surface area contributed by atoms with Crippen LogP contribution < -0.4 is 5.73 Å². The van der Waals surface area contributed by atoms with Gasteiger partial charge in [-0.2, -0.15) is 0 Å². The molecular formula is C16H26N2O2S. The summed E-state index contributed by atoms with van der Waals surface area (Å²) in [7, 11) is -3.07. The topological polar surface area (TPSA) is 63.4 Å². The normalized spacial score (nSPS) is 16.4. The van der Waals surface area contributed by atoms with Crippen LogP contribution >= 0.6 is 0 Å². The minimum atomic E-state index is -3.07. The Kier molecular flexibility index (Phi) is 4.63.